The number of hydrogen-bond acceptors (Lipinski definition) is 3. The zero-order valence-corrected chi connectivity index (χ0v) is 13.0. The number of hydrogen-bond donors (Lipinski definition) is 1. The molecule has 2 fully saturated rings. The predicted octanol–water partition coefficient (Wildman–Crippen LogP) is 2.20. The van der Waals surface area contributed by atoms with Gasteiger partial charge in [0.2, 0.25) is 11.8 Å². The van der Waals surface area contributed by atoms with Crippen LogP contribution in [0.1, 0.15) is 37.0 Å². The summed E-state index contributed by atoms with van der Waals surface area (Å²) in [5.74, 6) is 0.453. The van der Waals surface area contributed by atoms with E-state index in [2.05, 4.69) is 11.4 Å². The molecule has 4 nitrogen and oxygen atoms in total. The third-order valence-corrected chi connectivity index (χ3v) is 5.49. The molecular formula is C16H22N2O2S. The van der Waals surface area contributed by atoms with E-state index in [9.17, 15) is 9.59 Å². The van der Waals surface area contributed by atoms with Crippen LogP contribution >= 0.6 is 11.3 Å². The summed E-state index contributed by atoms with van der Waals surface area (Å²) in [6, 6.07) is 3.82. The molecule has 1 aliphatic carbocycles. The molecule has 0 radical (unpaired) electrons. The van der Waals surface area contributed by atoms with Gasteiger partial charge in [-0.2, -0.15) is 0 Å². The van der Waals surface area contributed by atoms with Crippen molar-refractivity contribution in [1.29, 1.82) is 0 Å². The van der Waals surface area contributed by atoms with E-state index in [4.69, 9.17) is 0 Å². The molecule has 2 aliphatic rings. The summed E-state index contributed by atoms with van der Waals surface area (Å²) in [5.41, 5.74) is 0. The monoisotopic (exact) mass is 306 g/mol. The Hall–Kier alpha value is -1.36. The Labute approximate surface area is 129 Å². The largest absolute Gasteiger partial charge is 0.342 e. The maximum Gasteiger partial charge on any atom is 0.245 e. The maximum absolute atomic E-state index is 12.6. The lowest BCUT2D eigenvalue weighted by Gasteiger charge is -2.37. The number of amides is 2. The summed E-state index contributed by atoms with van der Waals surface area (Å²) in [7, 11) is 0. The molecule has 114 valence electrons. The van der Waals surface area contributed by atoms with Crippen LogP contribution in [-0.4, -0.2) is 35.8 Å². The first-order valence-electron chi connectivity index (χ1n) is 7.84. The normalized spacial score (nSPS) is 24.2. The van der Waals surface area contributed by atoms with Crippen molar-refractivity contribution in [2.75, 3.05) is 13.1 Å². The minimum atomic E-state index is -0.283. The minimum Gasteiger partial charge on any atom is -0.342 e. The zero-order chi connectivity index (χ0) is 14.7. The van der Waals surface area contributed by atoms with Crippen LogP contribution in [0, 0.1) is 5.92 Å². The van der Waals surface area contributed by atoms with Crippen molar-refractivity contribution in [2.45, 2.75) is 44.6 Å². The van der Waals surface area contributed by atoms with E-state index in [1.165, 1.54) is 24.1 Å². The van der Waals surface area contributed by atoms with Gasteiger partial charge in [-0.1, -0.05) is 25.3 Å². The summed E-state index contributed by atoms with van der Waals surface area (Å²) >= 11 is 1.70. The molecule has 3 rings (SSSR count). The van der Waals surface area contributed by atoms with E-state index in [0.717, 1.165) is 19.3 Å². The van der Waals surface area contributed by atoms with Crippen molar-refractivity contribution >= 4 is 23.2 Å². The molecule has 1 atom stereocenters. The summed E-state index contributed by atoms with van der Waals surface area (Å²) in [4.78, 5) is 27.6. The van der Waals surface area contributed by atoms with Gasteiger partial charge < -0.3 is 10.2 Å². The highest BCUT2D eigenvalue weighted by Crippen LogP contribution is 2.28. The van der Waals surface area contributed by atoms with Crippen LogP contribution in [0.3, 0.4) is 0 Å². The first-order valence-corrected chi connectivity index (χ1v) is 8.72. The Morgan fingerprint density at radius 3 is 2.76 bits per heavy atom. The Kier molecular flexibility index (Phi) is 4.58. The summed E-state index contributed by atoms with van der Waals surface area (Å²) in [6.07, 6.45) is 6.59. The van der Waals surface area contributed by atoms with Gasteiger partial charge in [0.05, 0.1) is 6.54 Å². The van der Waals surface area contributed by atoms with Crippen LogP contribution in [0.2, 0.25) is 0 Å². The fourth-order valence-electron chi connectivity index (χ4n) is 3.41. The van der Waals surface area contributed by atoms with Gasteiger partial charge in [-0.15, -0.1) is 11.3 Å². The first kappa shape index (κ1) is 14.6. The molecule has 1 aromatic rings. The van der Waals surface area contributed by atoms with Crippen LogP contribution in [0.4, 0.5) is 0 Å². The van der Waals surface area contributed by atoms with Crippen molar-refractivity contribution in [3.8, 4) is 0 Å². The van der Waals surface area contributed by atoms with E-state index in [0.29, 0.717) is 12.5 Å². The second-order valence-corrected chi connectivity index (χ2v) is 7.06. The van der Waals surface area contributed by atoms with E-state index < -0.39 is 0 Å². The Morgan fingerprint density at radius 2 is 2.05 bits per heavy atom. The highest BCUT2D eigenvalue weighted by molar-refractivity contribution is 7.09. The van der Waals surface area contributed by atoms with Crippen LogP contribution in [0.15, 0.2) is 17.5 Å². The molecule has 0 aromatic carbocycles. The van der Waals surface area contributed by atoms with Crippen LogP contribution in [0.25, 0.3) is 0 Å². The van der Waals surface area contributed by atoms with Gasteiger partial charge in [0.1, 0.15) is 6.04 Å². The number of nitrogens with one attached hydrogen (secondary N) is 1. The number of nitrogens with zero attached hydrogens (tertiary/aromatic N) is 1. The predicted molar refractivity (Wildman–Crippen MR) is 83.1 cm³/mol. The number of carbonyl (C=O) groups excluding carboxylic acids is 2. The number of piperazine rings is 1. The first-order chi connectivity index (χ1) is 10.2. The number of carbonyl (C=O) groups is 2. The number of rotatable bonds is 4. The van der Waals surface area contributed by atoms with E-state index >= 15 is 0 Å². The molecule has 1 N–H and O–H groups in total. The molecule has 1 aliphatic heterocycles. The minimum absolute atomic E-state index is 0.00338. The van der Waals surface area contributed by atoms with E-state index in [1.54, 1.807) is 16.2 Å². The van der Waals surface area contributed by atoms with Crippen molar-refractivity contribution in [3.05, 3.63) is 22.4 Å². The third kappa shape index (κ3) is 3.46. The molecule has 2 amide bonds. The van der Waals surface area contributed by atoms with Crippen molar-refractivity contribution < 1.29 is 9.59 Å². The molecule has 1 saturated carbocycles. The topological polar surface area (TPSA) is 49.4 Å². The highest BCUT2D eigenvalue weighted by atomic mass is 32.1. The molecule has 1 aromatic heterocycles. The second-order valence-electron chi connectivity index (χ2n) is 6.03. The Bertz CT molecular complexity index is 494. The summed E-state index contributed by atoms with van der Waals surface area (Å²) < 4.78 is 0. The van der Waals surface area contributed by atoms with Gasteiger partial charge >= 0.3 is 0 Å². The molecular weight excluding hydrogens is 284 g/mol. The average Bonchev–Trinajstić information content (AvgIpc) is 3.02. The van der Waals surface area contributed by atoms with Gasteiger partial charge in [0, 0.05) is 11.4 Å². The maximum atomic E-state index is 12.6. The van der Waals surface area contributed by atoms with Gasteiger partial charge in [0.15, 0.2) is 0 Å². The molecule has 0 spiro atoms. The fraction of sp³-hybridized carbons (Fsp3) is 0.625. The lowest BCUT2D eigenvalue weighted by Crippen LogP contribution is -2.60. The van der Waals surface area contributed by atoms with Crippen LogP contribution < -0.4 is 5.32 Å². The van der Waals surface area contributed by atoms with Crippen molar-refractivity contribution in [1.82, 2.24) is 10.2 Å². The molecule has 21 heavy (non-hydrogen) atoms. The Morgan fingerprint density at radius 1 is 1.24 bits per heavy atom. The molecule has 1 unspecified atom stereocenters. The molecule has 0 bridgehead atoms. The van der Waals surface area contributed by atoms with Crippen LogP contribution in [-0.2, 0) is 16.0 Å². The number of thiophene rings is 1. The van der Waals surface area contributed by atoms with E-state index in [-0.39, 0.29) is 24.4 Å². The quantitative estimate of drug-likeness (QED) is 0.927. The van der Waals surface area contributed by atoms with Gasteiger partial charge in [0.25, 0.3) is 0 Å². The van der Waals surface area contributed by atoms with Gasteiger partial charge in [-0.05, 0) is 36.6 Å². The van der Waals surface area contributed by atoms with E-state index in [1.807, 2.05) is 11.4 Å². The fourth-order valence-corrected chi connectivity index (χ4v) is 4.10. The Balaban J connectivity index is 1.63. The molecule has 5 heteroatoms. The van der Waals surface area contributed by atoms with Crippen molar-refractivity contribution in [3.63, 3.8) is 0 Å². The SMILES string of the molecule is O=C1CN(CCc2cccs2)C(=O)C(C2CCCCC2)N1. The molecule has 1 saturated heterocycles. The summed E-state index contributed by atoms with van der Waals surface area (Å²) in [6.45, 7) is 0.864. The molecule has 2 heterocycles. The third-order valence-electron chi connectivity index (χ3n) is 4.56. The highest BCUT2D eigenvalue weighted by Gasteiger charge is 2.37. The average molecular weight is 306 g/mol. The van der Waals surface area contributed by atoms with Crippen molar-refractivity contribution in [2.24, 2.45) is 5.92 Å². The zero-order valence-electron chi connectivity index (χ0n) is 12.2. The summed E-state index contributed by atoms with van der Waals surface area (Å²) in [5, 5.41) is 4.98. The van der Waals surface area contributed by atoms with Gasteiger partial charge in [-0.25, -0.2) is 0 Å². The van der Waals surface area contributed by atoms with Gasteiger partial charge in [-0.3, -0.25) is 9.59 Å². The van der Waals surface area contributed by atoms with Crippen LogP contribution in [0.5, 0.6) is 0 Å². The standard InChI is InChI=1S/C16H22N2O2S/c19-14-11-18(9-8-13-7-4-10-21-13)16(20)15(17-14)12-5-2-1-3-6-12/h4,7,10,12,15H,1-3,5-6,8-9,11H2,(H,17,19). The smallest absolute Gasteiger partial charge is 0.245 e. The second kappa shape index (κ2) is 6.60. The lowest BCUT2D eigenvalue weighted by atomic mass is 9.82. The lowest BCUT2D eigenvalue weighted by molar-refractivity contribution is -0.146.